The summed E-state index contributed by atoms with van der Waals surface area (Å²) in [7, 11) is 1.83. The molecule has 0 bridgehead atoms. The van der Waals surface area contributed by atoms with Crippen LogP contribution in [0.15, 0.2) is 24.4 Å². The predicted molar refractivity (Wildman–Crippen MR) is 59.3 cm³/mol. The molecule has 15 heavy (non-hydrogen) atoms. The first kappa shape index (κ1) is 10.1. The molecule has 0 amide bonds. The number of nitrogens with zero attached hydrogens (tertiary/aromatic N) is 3. The van der Waals surface area contributed by atoms with Crippen LogP contribution in [0.25, 0.3) is 11.3 Å². The van der Waals surface area contributed by atoms with Gasteiger partial charge in [0, 0.05) is 19.2 Å². The summed E-state index contributed by atoms with van der Waals surface area (Å²) < 4.78 is 1.68. The minimum atomic E-state index is 0.490. The van der Waals surface area contributed by atoms with E-state index in [-0.39, 0.29) is 0 Å². The van der Waals surface area contributed by atoms with E-state index in [0.29, 0.717) is 11.6 Å². The molecule has 0 fully saturated rings. The van der Waals surface area contributed by atoms with Gasteiger partial charge in [0.25, 0.3) is 0 Å². The maximum Gasteiger partial charge on any atom is 0.0897 e. The van der Waals surface area contributed by atoms with Crippen LogP contribution in [0.2, 0.25) is 5.02 Å². The first-order valence-corrected chi connectivity index (χ1v) is 4.93. The van der Waals surface area contributed by atoms with Crippen molar-refractivity contribution in [1.29, 1.82) is 0 Å². The number of aryl methyl sites for hydroxylation is 1. The maximum atomic E-state index is 6.15. The van der Waals surface area contributed by atoms with E-state index >= 15 is 0 Å². The Balaban J connectivity index is 2.50. The summed E-state index contributed by atoms with van der Waals surface area (Å²) in [5.41, 5.74) is 8.35. The molecular weight excluding hydrogens is 212 g/mol. The second-order valence-electron chi connectivity index (χ2n) is 3.26. The number of rotatable bonds is 2. The van der Waals surface area contributed by atoms with Crippen molar-refractivity contribution < 1.29 is 0 Å². The van der Waals surface area contributed by atoms with E-state index in [1.165, 1.54) is 0 Å². The molecule has 1 aromatic carbocycles. The Morgan fingerprint density at radius 1 is 1.47 bits per heavy atom. The first-order chi connectivity index (χ1) is 7.22. The van der Waals surface area contributed by atoms with Crippen LogP contribution in [-0.2, 0) is 13.6 Å². The molecule has 4 nitrogen and oxygen atoms in total. The average molecular weight is 223 g/mol. The van der Waals surface area contributed by atoms with Crippen molar-refractivity contribution in [2.75, 3.05) is 0 Å². The van der Waals surface area contributed by atoms with Gasteiger partial charge in [0.1, 0.15) is 0 Å². The highest BCUT2D eigenvalue weighted by atomic mass is 35.5. The van der Waals surface area contributed by atoms with Crippen LogP contribution in [0.5, 0.6) is 0 Å². The summed E-state index contributed by atoms with van der Waals surface area (Å²) in [6, 6.07) is 5.75. The second kappa shape index (κ2) is 4.00. The number of hydrogen-bond donors (Lipinski definition) is 1. The van der Waals surface area contributed by atoms with Gasteiger partial charge in [0.2, 0.25) is 0 Å². The van der Waals surface area contributed by atoms with Crippen LogP contribution in [0, 0.1) is 0 Å². The molecule has 0 atom stereocenters. The van der Waals surface area contributed by atoms with Gasteiger partial charge >= 0.3 is 0 Å². The molecule has 2 N–H and O–H groups in total. The standard InChI is InChI=1S/C10H11ClN4/c1-15-10(6-13-14-15)8-3-2-7(5-12)4-9(8)11/h2-4,6H,5,12H2,1H3. The van der Waals surface area contributed by atoms with Gasteiger partial charge in [-0.15, -0.1) is 5.10 Å². The summed E-state index contributed by atoms with van der Waals surface area (Å²) >= 11 is 6.15. The third-order valence-corrected chi connectivity index (χ3v) is 2.57. The average Bonchev–Trinajstić information content (AvgIpc) is 2.64. The number of aromatic nitrogens is 3. The molecule has 0 unspecified atom stereocenters. The van der Waals surface area contributed by atoms with Crippen LogP contribution in [0.4, 0.5) is 0 Å². The zero-order valence-corrected chi connectivity index (χ0v) is 9.07. The Morgan fingerprint density at radius 3 is 2.80 bits per heavy atom. The molecule has 0 saturated heterocycles. The SMILES string of the molecule is Cn1nncc1-c1ccc(CN)cc1Cl. The third kappa shape index (κ3) is 1.86. The van der Waals surface area contributed by atoms with E-state index in [9.17, 15) is 0 Å². The van der Waals surface area contributed by atoms with Crippen molar-refractivity contribution in [2.45, 2.75) is 6.54 Å². The Morgan fingerprint density at radius 2 is 2.27 bits per heavy atom. The zero-order valence-electron chi connectivity index (χ0n) is 8.31. The number of nitrogens with two attached hydrogens (primary N) is 1. The highest BCUT2D eigenvalue weighted by Gasteiger charge is 2.08. The Bertz CT molecular complexity index is 478. The van der Waals surface area contributed by atoms with E-state index < -0.39 is 0 Å². The van der Waals surface area contributed by atoms with Crippen molar-refractivity contribution in [3.05, 3.63) is 35.0 Å². The van der Waals surface area contributed by atoms with Crippen LogP contribution in [-0.4, -0.2) is 15.0 Å². The van der Waals surface area contributed by atoms with E-state index in [4.69, 9.17) is 17.3 Å². The quantitative estimate of drug-likeness (QED) is 0.840. The van der Waals surface area contributed by atoms with Crippen molar-refractivity contribution >= 4 is 11.6 Å². The molecule has 1 aromatic heterocycles. The summed E-state index contributed by atoms with van der Waals surface area (Å²) in [6.45, 7) is 0.490. The molecule has 2 rings (SSSR count). The van der Waals surface area contributed by atoms with Gasteiger partial charge in [-0.05, 0) is 11.6 Å². The fourth-order valence-corrected chi connectivity index (χ4v) is 1.73. The fraction of sp³-hybridized carbons (Fsp3) is 0.200. The first-order valence-electron chi connectivity index (χ1n) is 4.56. The summed E-state index contributed by atoms with van der Waals surface area (Å²) in [5, 5.41) is 8.34. The van der Waals surface area contributed by atoms with Crippen LogP contribution >= 0.6 is 11.6 Å². The van der Waals surface area contributed by atoms with Gasteiger partial charge in [-0.3, -0.25) is 0 Å². The van der Waals surface area contributed by atoms with Gasteiger partial charge in [0.05, 0.1) is 16.9 Å². The maximum absolute atomic E-state index is 6.15. The molecule has 0 saturated carbocycles. The lowest BCUT2D eigenvalue weighted by Crippen LogP contribution is -1.98. The highest BCUT2D eigenvalue weighted by molar-refractivity contribution is 6.33. The molecule has 5 heteroatoms. The summed E-state index contributed by atoms with van der Waals surface area (Å²) in [4.78, 5) is 0. The van der Waals surface area contributed by atoms with E-state index in [1.54, 1.807) is 10.9 Å². The van der Waals surface area contributed by atoms with E-state index in [0.717, 1.165) is 16.8 Å². The Kier molecular flexibility index (Phi) is 2.70. The topological polar surface area (TPSA) is 56.7 Å². The molecule has 0 aliphatic heterocycles. The molecule has 1 heterocycles. The predicted octanol–water partition coefficient (Wildman–Crippen LogP) is 1.59. The van der Waals surface area contributed by atoms with Gasteiger partial charge < -0.3 is 5.73 Å². The van der Waals surface area contributed by atoms with Gasteiger partial charge in [0.15, 0.2) is 0 Å². The van der Waals surface area contributed by atoms with E-state index in [2.05, 4.69) is 10.3 Å². The molecular formula is C10H11ClN4. The van der Waals surface area contributed by atoms with E-state index in [1.807, 2.05) is 25.2 Å². The van der Waals surface area contributed by atoms with Crippen molar-refractivity contribution in [2.24, 2.45) is 12.8 Å². The third-order valence-electron chi connectivity index (χ3n) is 2.26. The molecule has 78 valence electrons. The van der Waals surface area contributed by atoms with Gasteiger partial charge in [-0.1, -0.05) is 28.9 Å². The summed E-state index contributed by atoms with van der Waals surface area (Å²) in [6.07, 6.45) is 1.68. The molecule has 2 aromatic rings. The van der Waals surface area contributed by atoms with Crippen molar-refractivity contribution in [3.8, 4) is 11.3 Å². The lowest BCUT2D eigenvalue weighted by molar-refractivity contribution is 0.720. The Labute approximate surface area is 92.7 Å². The molecule has 0 aliphatic rings. The molecule has 0 aliphatic carbocycles. The number of benzene rings is 1. The molecule has 0 radical (unpaired) electrons. The Hall–Kier alpha value is -1.39. The summed E-state index contributed by atoms with van der Waals surface area (Å²) in [5.74, 6) is 0. The normalized spacial score (nSPS) is 10.6. The minimum absolute atomic E-state index is 0.490. The van der Waals surface area contributed by atoms with Crippen molar-refractivity contribution in [1.82, 2.24) is 15.0 Å². The lowest BCUT2D eigenvalue weighted by atomic mass is 10.1. The molecule has 0 spiro atoms. The van der Waals surface area contributed by atoms with Gasteiger partial charge in [-0.2, -0.15) is 0 Å². The number of halogens is 1. The second-order valence-corrected chi connectivity index (χ2v) is 3.67. The lowest BCUT2D eigenvalue weighted by Gasteiger charge is -2.05. The fourth-order valence-electron chi connectivity index (χ4n) is 1.43. The monoisotopic (exact) mass is 222 g/mol. The van der Waals surface area contributed by atoms with Crippen LogP contribution < -0.4 is 5.73 Å². The number of hydrogen-bond acceptors (Lipinski definition) is 3. The van der Waals surface area contributed by atoms with Crippen LogP contribution in [0.3, 0.4) is 0 Å². The van der Waals surface area contributed by atoms with Gasteiger partial charge in [-0.25, -0.2) is 4.68 Å². The highest BCUT2D eigenvalue weighted by Crippen LogP contribution is 2.27. The minimum Gasteiger partial charge on any atom is -0.326 e. The van der Waals surface area contributed by atoms with Crippen molar-refractivity contribution in [3.63, 3.8) is 0 Å². The van der Waals surface area contributed by atoms with Crippen LogP contribution in [0.1, 0.15) is 5.56 Å². The smallest absolute Gasteiger partial charge is 0.0897 e. The largest absolute Gasteiger partial charge is 0.326 e. The zero-order chi connectivity index (χ0) is 10.8.